The van der Waals surface area contributed by atoms with Gasteiger partial charge in [0, 0.05) is 58.4 Å². The molecule has 0 saturated heterocycles. The third kappa shape index (κ3) is 5.12. The molecule has 0 amide bonds. The molecule has 0 saturated carbocycles. The maximum atomic E-state index is 6.68. The van der Waals surface area contributed by atoms with Gasteiger partial charge >= 0.3 is 0 Å². The summed E-state index contributed by atoms with van der Waals surface area (Å²) >= 11 is 1.80. The van der Waals surface area contributed by atoms with Crippen molar-refractivity contribution in [3.63, 3.8) is 0 Å². The van der Waals surface area contributed by atoms with E-state index in [2.05, 4.69) is 170 Å². The predicted molar refractivity (Wildman–Crippen MR) is 285 cm³/mol. The first-order valence-electron chi connectivity index (χ1n) is 23.7. The lowest BCUT2D eigenvalue weighted by molar-refractivity contribution is 0.668. The van der Waals surface area contributed by atoms with E-state index in [-0.39, 0.29) is 5.41 Å². The second-order valence-electron chi connectivity index (χ2n) is 18.5. The van der Waals surface area contributed by atoms with Crippen molar-refractivity contribution in [2.24, 2.45) is 0 Å². The molecule has 10 aromatic carbocycles. The zero-order valence-corrected chi connectivity index (χ0v) is 38.1. The third-order valence-electron chi connectivity index (χ3n) is 15.0. The fourth-order valence-corrected chi connectivity index (χ4v) is 13.1. The van der Waals surface area contributed by atoms with E-state index in [1.54, 1.807) is 11.3 Å². The van der Waals surface area contributed by atoms with E-state index in [1.807, 2.05) is 42.5 Å². The molecule has 4 aromatic heterocycles. The molecule has 0 radical (unpaired) electrons. The molecule has 16 rings (SSSR count). The van der Waals surface area contributed by atoms with Crippen molar-refractivity contribution >= 4 is 75.4 Å². The molecule has 0 atom stereocenters. The SMILES string of the molecule is c1ccc2c(c1)-c1ccccc1C21c2ccccc2-c2cc(-c3ccc4oc5cccc(-c6nc(-c7ccc8sc9ccccc9c8c7)nc(-c7cccc8oc9ccccc9c78)n6)c5c4c3)ccc21. The molecule has 0 unspecified atom stereocenters. The largest absolute Gasteiger partial charge is 0.456 e. The van der Waals surface area contributed by atoms with Crippen molar-refractivity contribution in [1.29, 1.82) is 0 Å². The highest BCUT2D eigenvalue weighted by Gasteiger charge is 2.51. The third-order valence-corrected chi connectivity index (χ3v) is 16.1. The van der Waals surface area contributed by atoms with E-state index in [0.717, 1.165) is 71.7 Å². The summed E-state index contributed by atoms with van der Waals surface area (Å²) < 4.78 is 15.5. The first-order valence-corrected chi connectivity index (χ1v) is 24.5. The van der Waals surface area contributed by atoms with Gasteiger partial charge in [-0.2, -0.15) is 0 Å². The number of aromatic nitrogens is 3. The van der Waals surface area contributed by atoms with Crippen LogP contribution in [0.25, 0.3) is 132 Å². The summed E-state index contributed by atoms with van der Waals surface area (Å²) in [5, 5.41) is 6.35. The number of hydrogen-bond donors (Lipinski definition) is 0. The highest BCUT2D eigenvalue weighted by molar-refractivity contribution is 7.25. The Morgan fingerprint density at radius 3 is 1.49 bits per heavy atom. The molecule has 324 valence electrons. The van der Waals surface area contributed by atoms with Crippen molar-refractivity contribution in [3.8, 4) is 67.5 Å². The van der Waals surface area contributed by atoms with Crippen molar-refractivity contribution in [2.75, 3.05) is 0 Å². The first-order chi connectivity index (χ1) is 34.7. The Labute approximate surface area is 404 Å². The van der Waals surface area contributed by atoms with Gasteiger partial charge in [-0.05, 0) is 116 Å². The lowest BCUT2D eigenvalue weighted by Gasteiger charge is -2.30. The van der Waals surface area contributed by atoms with Crippen LogP contribution in [0.2, 0.25) is 0 Å². The Bertz CT molecular complexity index is 4530. The molecule has 0 fully saturated rings. The molecule has 0 bridgehead atoms. The van der Waals surface area contributed by atoms with Crippen LogP contribution in [0.15, 0.2) is 221 Å². The van der Waals surface area contributed by atoms with Crippen LogP contribution in [0.1, 0.15) is 22.3 Å². The highest BCUT2D eigenvalue weighted by atomic mass is 32.1. The van der Waals surface area contributed by atoms with Gasteiger partial charge in [-0.3, -0.25) is 0 Å². The van der Waals surface area contributed by atoms with Crippen LogP contribution in [-0.2, 0) is 5.41 Å². The van der Waals surface area contributed by atoms with Crippen LogP contribution in [0.3, 0.4) is 0 Å². The lowest BCUT2D eigenvalue weighted by atomic mass is 9.70. The van der Waals surface area contributed by atoms with E-state index in [0.29, 0.717) is 17.5 Å². The molecular weight excluding hydrogens is 875 g/mol. The molecule has 0 aliphatic heterocycles. The number of furan rings is 2. The molecular formula is C64H35N3O2S. The van der Waals surface area contributed by atoms with Gasteiger partial charge in [0.1, 0.15) is 22.3 Å². The molecule has 2 aliphatic carbocycles. The maximum Gasteiger partial charge on any atom is 0.164 e. The maximum absolute atomic E-state index is 6.68. The Balaban J connectivity index is 0.895. The van der Waals surface area contributed by atoms with Crippen molar-refractivity contribution in [2.45, 2.75) is 5.41 Å². The van der Waals surface area contributed by atoms with E-state index in [4.69, 9.17) is 23.8 Å². The number of fused-ring (bicyclic) bond motifs is 19. The standard InChI is InChI=1S/C64H35N3O2S/c1-6-20-49-39(13-1)40-14-2-7-21-50(40)64(49)51-22-8-3-15-41(51)46-33-36(27-30-52(46)64)37-28-31-54-48(34-37)60-45(19-12-25-56(60)69-54)63-66-61(38-29-32-58-47(35-38)42-16-5-10-26-57(42)70-58)65-62(67-63)44-18-11-24-55-59(44)43-17-4-9-23-53(43)68-55/h1-35H. The summed E-state index contributed by atoms with van der Waals surface area (Å²) in [6, 6.07) is 76.1. The van der Waals surface area contributed by atoms with Crippen LogP contribution in [-0.4, -0.2) is 15.0 Å². The molecule has 1 spiro atoms. The molecule has 5 nitrogen and oxygen atoms in total. The van der Waals surface area contributed by atoms with Gasteiger partial charge in [0.2, 0.25) is 0 Å². The predicted octanol–water partition coefficient (Wildman–Crippen LogP) is 17.0. The molecule has 6 heteroatoms. The van der Waals surface area contributed by atoms with Gasteiger partial charge in [-0.15, -0.1) is 11.3 Å². The minimum Gasteiger partial charge on any atom is -0.456 e. The monoisotopic (exact) mass is 909 g/mol. The number of hydrogen-bond acceptors (Lipinski definition) is 6. The van der Waals surface area contributed by atoms with E-state index in [1.165, 1.54) is 64.7 Å². The summed E-state index contributed by atoms with van der Waals surface area (Å²) in [4.78, 5) is 16.0. The number of para-hydroxylation sites is 1. The molecule has 0 N–H and O–H groups in total. The van der Waals surface area contributed by atoms with Crippen LogP contribution < -0.4 is 0 Å². The van der Waals surface area contributed by atoms with E-state index < -0.39 is 0 Å². The van der Waals surface area contributed by atoms with Gasteiger partial charge in [0.15, 0.2) is 17.5 Å². The van der Waals surface area contributed by atoms with Crippen molar-refractivity contribution in [1.82, 2.24) is 15.0 Å². The zero-order valence-electron chi connectivity index (χ0n) is 37.3. The zero-order chi connectivity index (χ0) is 45.7. The number of thiophene rings is 1. The van der Waals surface area contributed by atoms with E-state index >= 15 is 0 Å². The molecule has 4 heterocycles. The Hall–Kier alpha value is -8.97. The summed E-state index contributed by atoms with van der Waals surface area (Å²) in [6.07, 6.45) is 0. The normalized spacial score (nSPS) is 13.3. The van der Waals surface area contributed by atoms with Crippen LogP contribution in [0.5, 0.6) is 0 Å². The fraction of sp³-hybridized carbons (Fsp3) is 0.0156. The smallest absolute Gasteiger partial charge is 0.164 e. The summed E-state index contributed by atoms with van der Waals surface area (Å²) in [6.45, 7) is 0. The fourth-order valence-electron chi connectivity index (χ4n) is 12.0. The Morgan fingerprint density at radius 1 is 0.300 bits per heavy atom. The molecule has 2 aliphatic rings. The number of rotatable bonds is 4. The second-order valence-corrected chi connectivity index (χ2v) is 19.6. The molecule has 14 aromatic rings. The van der Waals surface area contributed by atoms with E-state index in [9.17, 15) is 0 Å². The summed E-state index contributed by atoms with van der Waals surface area (Å²) in [5.74, 6) is 1.73. The topological polar surface area (TPSA) is 65.0 Å². The average molecular weight is 910 g/mol. The first kappa shape index (κ1) is 38.0. The summed E-state index contributed by atoms with van der Waals surface area (Å²) in [7, 11) is 0. The van der Waals surface area contributed by atoms with Crippen molar-refractivity contribution in [3.05, 3.63) is 235 Å². The van der Waals surface area contributed by atoms with Crippen LogP contribution >= 0.6 is 11.3 Å². The van der Waals surface area contributed by atoms with Gasteiger partial charge in [-0.1, -0.05) is 152 Å². The van der Waals surface area contributed by atoms with Gasteiger partial charge < -0.3 is 8.83 Å². The summed E-state index contributed by atoms with van der Waals surface area (Å²) in [5.41, 5.74) is 18.2. The average Bonchev–Trinajstić information content (AvgIpc) is 4.23. The van der Waals surface area contributed by atoms with Gasteiger partial charge in [-0.25, -0.2) is 15.0 Å². The quantitative estimate of drug-likeness (QED) is 0.176. The number of benzene rings is 10. The minimum absolute atomic E-state index is 0.390. The molecule has 70 heavy (non-hydrogen) atoms. The van der Waals surface area contributed by atoms with Gasteiger partial charge in [0.05, 0.1) is 5.41 Å². The van der Waals surface area contributed by atoms with Gasteiger partial charge in [0.25, 0.3) is 0 Å². The van der Waals surface area contributed by atoms with Crippen LogP contribution in [0, 0.1) is 0 Å². The Kier molecular flexibility index (Phi) is 7.63. The Morgan fingerprint density at radius 2 is 0.771 bits per heavy atom. The lowest BCUT2D eigenvalue weighted by Crippen LogP contribution is -2.25. The van der Waals surface area contributed by atoms with Crippen LogP contribution in [0.4, 0.5) is 0 Å². The minimum atomic E-state index is -0.390. The number of nitrogens with zero attached hydrogens (tertiary/aromatic N) is 3. The van der Waals surface area contributed by atoms with Crippen molar-refractivity contribution < 1.29 is 8.83 Å². The highest BCUT2D eigenvalue weighted by Crippen LogP contribution is 2.63. The second kappa shape index (κ2) is 14.0.